The van der Waals surface area contributed by atoms with Crippen molar-refractivity contribution >= 4 is 6.08 Å². The lowest BCUT2D eigenvalue weighted by molar-refractivity contribution is 0.604. The minimum Gasteiger partial charge on any atom is -0.322 e. The summed E-state index contributed by atoms with van der Waals surface area (Å²) in [7, 11) is 0. The normalized spacial score (nSPS) is 15.3. The van der Waals surface area contributed by atoms with E-state index in [1.54, 1.807) is 0 Å². The van der Waals surface area contributed by atoms with Crippen molar-refractivity contribution in [1.82, 2.24) is 0 Å². The van der Waals surface area contributed by atoms with Crippen molar-refractivity contribution in [3.63, 3.8) is 0 Å². The molecule has 0 bridgehead atoms. The van der Waals surface area contributed by atoms with Gasteiger partial charge in [-0.3, -0.25) is 0 Å². The molecule has 0 amide bonds. The van der Waals surface area contributed by atoms with Crippen LogP contribution in [0.25, 0.3) is 6.08 Å². The number of fused-ring (bicyclic) bond motifs is 1. The molecule has 0 saturated heterocycles. The lowest BCUT2D eigenvalue weighted by atomic mass is 9.94. The van der Waals surface area contributed by atoms with Crippen LogP contribution < -0.4 is 5.73 Å². The van der Waals surface area contributed by atoms with Crippen molar-refractivity contribution in [3.8, 4) is 0 Å². The third-order valence-electron chi connectivity index (χ3n) is 2.84. The zero-order chi connectivity index (χ0) is 10.3. The minimum absolute atomic E-state index is 0.188. The van der Waals surface area contributed by atoms with Crippen LogP contribution in [-0.2, 0) is 6.42 Å². The molecule has 0 saturated carbocycles. The number of rotatable bonds is 1. The predicted molar refractivity (Wildman–Crippen MR) is 61.1 cm³/mol. The molecule has 0 spiro atoms. The van der Waals surface area contributed by atoms with Gasteiger partial charge in [0.15, 0.2) is 0 Å². The summed E-state index contributed by atoms with van der Waals surface area (Å²) < 4.78 is 0. The first kappa shape index (κ1) is 9.47. The standard InChI is InChI=1S/C13H17N/c1-9-4-5-10-7-12(13(2,3)14)8-11(10)6-9/h4-7H,8,14H2,1-3H3. The van der Waals surface area contributed by atoms with Gasteiger partial charge in [-0.25, -0.2) is 0 Å². The van der Waals surface area contributed by atoms with Crippen LogP contribution in [0.5, 0.6) is 0 Å². The molecule has 0 unspecified atom stereocenters. The second kappa shape index (κ2) is 2.96. The first-order chi connectivity index (χ1) is 6.47. The highest BCUT2D eigenvalue weighted by atomic mass is 14.7. The summed E-state index contributed by atoms with van der Waals surface area (Å²) >= 11 is 0. The Bertz CT molecular complexity index is 394. The second-order valence-corrected chi connectivity index (χ2v) is 4.77. The number of hydrogen-bond donors (Lipinski definition) is 1. The Balaban J connectivity index is 2.37. The summed E-state index contributed by atoms with van der Waals surface area (Å²) in [4.78, 5) is 0. The highest BCUT2D eigenvalue weighted by Crippen LogP contribution is 2.30. The number of nitrogens with two attached hydrogens (primary N) is 1. The van der Waals surface area contributed by atoms with E-state index in [4.69, 9.17) is 5.73 Å². The first-order valence-corrected chi connectivity index (χ1v) is 5.06. The topological polar surface area (TPSA) is 26.0 Å². The van der Waals surface area contributed by atoms with E-state index in [1.807, 2.05) is 0 Å². The Labute approximate surface area is 85.6 Å². The van der Waals surface area contributed by atoms with Gasteiger partial charge < -0.3 is 5.73 Å². The minimum atomic E-state index is -0.188. The van der Waals surface area contributed by atoms with E-state index in [1.165, 1.54) is 22.3 Å². The van der Waals surface area contributed by atoms with E-state index in [-0.39, 0.29) is 5.54 Å². The summed E-state index contributed by atoms with van der Waals surface area (Å²) in [5.41, 5.74) is 11.3. The maximum absolute atomic E-state index is 6.09. The molecule has 0 atom stereocenters. The zero-order valence-electron chi connectivity index (χ0n) is 9.09. The van der Waals surface area contributed by atoms with Gasteiger partial charge in [-0.15, -0.1) is 0 Å². The van der Waals surface area contributed by atoms with Gasteiger partial charge in [0.2, 0.25) is 0 Å². The van der Waals surface area contributed by atoms with Gasteiger partial charge in [-0.1, -0.05) is 29.8 Å². The molecule has 1 aliphatic carbocycles. The van der Waals surface area contributed by atoms with Gasteiger partial charge in [0.05, 0.1) is 0 Å². The molecule has 2 rings (SSSR count). The number of benzene rings is 1. The smallest absolute Gasteiger partial charge is 0.0318 e. The van der Waals surface area contributed by atoms with Crippen LogP contribution in [-0.4, -0.2) is 5.54 Å². The third-order valence-corrected chi connectivity index (χ3v) is 2.84. The third kappa shape index (κ3) is 1.60. The van der Waals surface area contributed by atoms with Gasteiger partial charge in [-0.2, -0.15) is 0 Å². The summed E-state index contributed by atoms with van der Waals surface area (Å²) in [5.74, 6) is 0. The van der Waals surface area contributed by atoms with Crippen molar-refractivity contribution in [2.24, 2.45) is 5.73 Å². The van der Waals surface area contributed by atoms with Crippen LogP contribution in [0.15, 0.2) is 23.8 Å². The quantitative estimate of drug-likeness (QED) is 0.718. The van der Waals surface area contributed by atoms with Crippen LogP contribution in [0.2, 0.25) is 0 Å². The molecule has 1 heteroatoms. The Hall–Kier alpha value is -1.08. The van der Waals surface area contributed by atoms with Crippen LogP contribution >= 0.6 is 0 Å². The largest absolute Gasteiger partial charge is 0.322 e. The highest BCUT2D eigenvalue weighted by Gasteiger charge is 2.22. The van der Waals surface area contributed by atoms with Gasteiger partial charge in [0.1, 0.15) is 0 Å². The number of aryl methyl sites for hydroxylation is 1. The molecule has 0 heterocycles. The molecule has 14 heavy (non-hydrogen) atoms. The molecule has 1 aliphatic rings. The molecule has 0 fully saturated rings. The lowest BCUT2D eigenvalue weighted by Gasteiger charge is -2.20. The Morgan fingerprint density at radius 3 is 2.64 bits per heavy atom. The van der Waals surface area contributed by atoms with Crippen LogP contribution in [0.1, 0.15) is 30.5 Å². The van der Waals surface area contributed by atoms with E-state index in [0.717, 1.165) is 6.42 Å². The highest BCUT2D eigenvalue weighted by molar-refractivity contribution is 5.66. The molecule has 0 aromatic heterocycles. The van der Waals surface area contributed by atoms with E-state index < -0.39 is 0 Å². The van der Waals surface area contributed by atoms with Crippen molar-refractivity contribution in [3.05, 3.63) is 40.5 Å². The maximum atomic E-state index is 6.09. The van der Waals surface area contributed by atoms with Crippen LogP contribution in [0.3, 0.4) is 0 Å². The van der Waals surface area contributed by atoms with E-state index >= 15 is 0 Å². The van der Waals surface area contributed by atoms with Gasteiger partial charge in [0, 0.05) is 5.54 Å². The average Bonchev–Trinajstić information content (AvgIpc) is 2.45. The molecular weight excluding hydrogens is 170 g/mol. The van der Waals surface area contributed by atoms with Gasteiger partial charge in [-0.05, 0) is 43.9 Å². The predicted octanol–water partition coefficient (Wildman–Crippen LogP) is 2.67. The summed E-state index contributed by atoms with van der Waals surface area (Å²) in [6, 6.07) is 6.59. The molecule has 2 N–H and O–H groups in total. The molecular formula is C13H17N. The van der Waals surface area contributed by atoms with Crippen LogP contribution in [0, 0.1) is 6.92 Å². The van der Waals surface area contributed by atoms with Crippen LogP contribution in [0.4, 0.5) is 0 Å². The average molecular weight is 187 g/mol. The zero-order valence-corrected chi connectivity index (χ0v) is 9.09. The van der Waals surface area contributed by atoms with E-state index in [2.05, 4.69) is 45.0 Å². The maximum Gasteiger partial charge on any atom is 0.0318 e. The fraction of sp³-hybridized carbons (Fsp3) is 0.385. The van der Waals surface area contributed by atoms with E-state index in [9.17, 15) is 0 Å². The summed E-state index contributed by atoms with van der Waals surface area (Å²) in [6.07, 6.45) is 3.25. The molecule has 0 aliphatic heterocycles. The molecule has 0 radical (unpaired) electrons. The Morgan fingerprint density at radius 2 is 2.00 bits per heavy atom. The van der Waals surface area contributed by atoms with Crippen molar-refractivity contribution in [2.45, 2.75) is 32.7 Å². The molecule has 1 aromatic carbocycles. The molecule has 1 aromatic rings. The van der Waals surface area contributed by atoms with Crippen molar-refractivity contribution < 1.29 is 0 Å². The molecule has 1 nitrogen and oxygen atoms in total. The monoisotopic (exact) mass is 187 g/mol. The van der Waals surface area contributed by atoms with Gasteiger partial charge >= 0.3 is 0 Å². The number of hydrogen-bond acceptors (Lipinski definition) is 1. The van der Waals surface area contributed by atoms with E-state index in [0.29, 0.717) is 0 Å². The second-order valence-electron chi connectivity index (χ2n) is 4.77. The summed E-state index contributed by atoms with van der Waals surface area (Å²) in [5, 5.41) is 0. The first-order valence-electron chi connectivity index (χ1n) is 5.06. The molecule has 74 valence electrons. The van der Waals surface area contributed by atoms with Crippen molar-refractivity contribution in [2.75, 3.05) is 0 Å². The fourth-order valence-electron chi connectivity index (χ4n) is 1.89. The Morgan fingerprint density at radius 1 is 1.29 bits per heavy atom. The van der Waals surface area contributed by atoms with Crippen molar-refractivity contribution in [1.29, 1.82) is 0 Å². The lowest BCUT2D eigenvalue weighted by Crippen LogP contribution is -2.34. The SMILES string of the molecule is Cc1ccc2c(c1)CC(C(C)(C)N)=C2. The Kier molecular flexibility index (Phi) is 2.00. The summed E-state index contributed by atoms with van der Waals surface area (Å²) in [6.45, 7) is 6.26. The van der Waals surface area contributed by atoms with Gasteiger partial charge in [0.25, 0.3) is 0 Å². The fourth-order valence-corrected chi connectivity index (χ4v) is 1.89.